The molecule has 1 atom stereocenters. The van der Waals surface area contributed by atoms with E-state index in [4.69, 9.17) is 10.00 Å². The molecule has 0 radical (unpaired) electrons. The van der Waals surface area contributed by atoms with E-state index in [0.29, 0.717) is 6.42 Å². The first-order valence-electron chi connectivity index (χ1n) is 3.90. The molecule has 0 bridgehead atoms. The first kappa shape index (κ1) is 10.7. The molecule has 0 aromatic rings. The van der Waals surface area contributed by atoms with Crippen LogP contribution in [0.15, 0.2) is 12.7 Å². The highest BCUT2D eigenvalue weighted by Crippen LogP contribution is 2.06. The van der Waals surface area contributed by atoms with Gasteiger partial charge in [-0.05, 0) is 6.42 Å². The number of rotatable bonds is 5. The molecule has 0 heterocycles. The summed E-state index contributed by atoms with van der Waals surface area (Å²) in [5, 5.41) is 8.52. The van der Waals surface area contributed by atoms with Crippen molar-refractivity contribution in [3.8, 4) is 6.07 Å². The third kappa shape index (κ3) is 4.51. The number of nitrogens with zero attached hydrogens (tertiary/aromatic N) is 1. The molecule has 1 unspecified atom stereocenters. The fraction of sp³-hybridized carbons (Fsp3) is 0.556. The van der Waals surface area contributed by atoms with Crippen molar-refractivity contribution in [2.45, 2.75) is 19.8 Å². The molecule has 12 heavy (non-hydrogen) atoms. The van der Waals surface area contributed by atoms with E-state index >= 15 is 0 Å². The van der Waals surface area contributed by atoms with Gasteiger partial charge >= 0.3 is 5.97 Å². The summed E-state index contributed by atoms with van der Waals surface area (Å²) in [7, 11) is 0. The van der Waals surface area contributed by atoms with Crippen LogP contribution in [0.4, 0.5) is 0 Å². The first-order chi connectivity index (χ1) is 5.74. The average molecular weight is 167 g/mol. The average Bonchev–Trinajstić information content (AvgIpc) is 2.10. The van der Waals surface area contributed by atoms with E-state index in [1.807, 2.05) is 13.0 Å². The van der Waals surface area contributed by atoms with Crippen LogP contribution >= 0.6 is 0 Å². The van der Waals surface area contributed by atoms with Crippen molar-refractivity contribution in [1.29, 1.82) is 5.26 Å². The SMILES string of the molecule is C=CCOC(=O)CC(C#N)CC. The maximum atomic E-state index is 10.9. The Kier molecular flexibility index (Phi) is 5.72. The van der Waals surface area contributed by atoms with E-state index < -0.39 is 0 Å². The standard InChI is InChI=1S/C9H13NO2/c1-3-5-12-9(11)6-8(4-2)7-10/h3,8H,1,4-6H2,2H3. The van der Waals surface area contributed by atoms with E-state index in [1.165, 1.54) is 6.08 Å². The zero-order valence-electron chi connectivity index (χ0n) is 7.25. The predicted octanol–water partition coefficient (Wildman–Crippen LogP) is 1.66. The number of ether oxygens (including phenoxy) is 1. The summed E-state index contributed by atoms with van der Waals surface area (Å²) in [4.78, 5) is 10.9. The molecule has 0 saturated heterocycles. The molecular formula is C9H13NO2. The lowest BCUT2D eigenvalue weighted by Crippen LogP contribution is -2.09. The molecule has 66 valence electrons. The number of nitriles is 1. The van der Waals surface area contributed by atoms with Crippen LogP contribution in [0.2, 0.25) is 0 Å². The molecule has 0 amide bonds. The largest absolute Gasteiger partial charge is 0.461 e. The maximum Gasteiger partial charge on any atom is 0.307 e. The van der Waals surface area contributed by atoms with Gasteiger partial charge in [0.25, 0.3) is 0 Å². The molecule has 0 aliphatic rings. The van der Waals surface area contributed by atoms with Crippen molar-refractivity contribution < 1.29 is 9.53 Å². The minimum absolute atomic E-state index is 0.181. The second-order valence-corrected chi connectivity index (χ2v) is 2.41. The van der Waals surface area contributed by atoms with Gasteiger partial charge in [0, 0.05) is 0 Å². The van der Waals surface area contributed by atoms with Crippen molar-refractivity contribution >= 4 is 5.97 Å². The Morgan fingerprint density at radius 1 is 1.83 bits per heavy atom. The van der Waals surface area contributed by atoms with Crippen LogP contribution in [0.3, 0.4) is 0 Å². The second kappa shape index (κ2) is 6.41. The van der Waals surface area contributed by atoms with E-state index in [9.17, 15) is 4.79 Å². The predicted molar refractivity (Wildman–Crippen MR) is 45.2 cm³/mol. The van der Waals surface area contributed by atoms with Crippen molar-refractivity contribution in [3.05, 3.63) is 12.7 Å². The molecule has 0 aliphatic heterocycles. The van der Waals surface area contributed by atoms with E-state index in [0.717, 1.165) is 0 Å². The van der Waals surface area contributed by atoms with Gasteiger partial charge in [0.05, 0.1) is 18.4 Å². The maximum absolute atomic E-state index is 10.9. The third-order valence-corrected chi connectivity index (χ3v) is 1.45. The van der Waals surface area contributed by atoms with E-state index in [1.54, 1.807) is 0 Å². The Bertz CT molecular complexity index is 193. The van der Waals surface area contributed by atoms with Crippen LogP contribution in [0, 0.1) is 17.2 Å². The Hall–Kier alpha value is -1.30. The van der Waals surface area contributed by atoms with Gasteiger partial charge < -0.3 is 4.74 Å². The number of carbonyl (C=O) groups excluding carboxylic acids is 1. The topological polar surface area (TPSA) is 50.1 Å². The molecule has 3 nitrogen and oxygen atoms in total. The number of hydrogen-bond donors (Lipinski definition) is 0. The minimum Gasteiger partial charge on any atom is -0.461 e. The molecule has 0 saturated carbocycles. The van der Waals surface area contributed by atoms with Crippen LogP contribution in [0.25, 0.3) is 0 Å². The number of esters is 1. The molecule has 0 rings (SSSR count). The lowest BCUT2D eigenvalue weighted by molar-refractivity contribution is -0.143. The molecule has 0 spiro atoms. The van der Waals surface area contributed by atoms with Gasteiger partial charge in [-0.15, -0.1) is 0 Å². The van der Waals surface area contributed by atoms with Crippen LogP contribution in [0.5, 0.6) is 0 Å². The van der Waals surface area contributed by atoms with Gasteiger partial charge in [-0.2, -0.15) is 5.26 Å². The quantitative estimate of drug-likeness (QED) is 0.462. The Morgan fingerprint density at radius 2 is 2.50 bits per heavy atom. The Balaban J connectivity index is 3.68. The smallest absolute Gasteiger partial charge is 0.307 e. The summed E-state index contributed by atoms with van der Waals surface area (Å²) < 4.78 is 4.72. The van der Waals surface area contributed by atoms with E-state index in [-0.39, 0.29) is 24.9 Å². The van der Waals surface area contributed by atoms with Gasteiger partial charge in [0.1, 0.15) is 6.61 Å². The normalized spacial score (nSPS) is 11.3. The number of carbonyl (C=O) groups is 1. The molecule has 0 aromatic heterocycles. The first-order valence-corrected chi connectivity index (χ1v) is 3.90. The highest BCUT2D eigenvalue weighted by atomic mass is 16.5. The van der Waals surface area contributed by atoms with Crippen LogP contribution in [-0.4, -0.2) is 12.6 Å². The molecule has 3 heteroatoms. The van der Waals surface area contributed by atoms with Crippen molar-refractivity contribution in [3.63, 3.8) is 0 Å². The fourth-order valence-corrected chi connectivity index (χ4v) is 0.693. The summed E-state index contributed by atoms with van der Waals surface area (Å²) in [6, 6.07) is 2.03. The molecule has 0 aromatic carbocycles. The van der Waals surface area contributed by atoms with Crippen molar-refractivity contribution in [1.82, 2.24) is 0 Å². The fourth-order valence-electron chi connectivity index (χ4n) is 0.693. The van der Waals surface area contributed by atoms with E-state index in [2.05, 4.69) is 6.58 Å². The van der Waals surface area contributed by atoms with Crippen molar-refractivity contribution in [2.24, 2.45) is 5.92 Å². The summed E-state index contributed by atoms with van der Waals surface area (Å²) in [5.74, 6) is -0.550. The molecular weight excluding hydrogens is 154 g/mol. The number of hydrogen-bond acceptors (Lipinski definition) is 3. The van der Waals surface area contributed by atoms with Gasteiger partial charge in [-0.1, -0.05) is 19.6 Å². The highest BCUT2D eigenvalue weighted by molar-refractivity contribution is 5.70. The monoisotopic (exact) mass is 167 g/mol. The second-order valence-electron chi connectivity index (χ2n) is 2.41. The summed E-state index contributed by atoms with van der Waals surface area (Å²) in [6.07, 6.45) is 2.37. The Labute approximate surface area is 72.6 Å². The van der Waals surface area contributed by atoms with Gasteiger partial charge in [0.2, 0.25) is 0 Å². The van der Waals surface area contributed by atoms with Crippen LogP contribution in [0.1, 0.15) is 19.8 Å². The zero-order valence-corrected chi connectivity index (χ0v) is 7.25. The van der Waals surface area contributed by atoms with Gasteiger partial charge in [0.15, 0.2) is 0 Å². The lowest BCUT2D eigenvalue weighted by atomic mass is 10.1. The third-order valence-electron chi connectivity index (χ3n) is 1.45. The molecule has 0 N–H and O–H groups in total. The lowest BCUT2D eigenvalue weighted by Gasteiger charge is -2.04. The summed E-state index contributed by atoms with van der Waals surface area (Å²) >= 11 is 0. The van der Waals surface area contributed by atoms with Gasteiger partial charge in [-0.3, -0.25) is 4.79 Å². The zero-order chi connectivity index (χ0) is 9.40. The minimum atomic E-state index is -0.330. The molecule has 0 fully saturated rings. The highest BCUT2D eigenvalue weighted by Gasteiger charge is 2.11. The summed E-state index contributed by atoms with van der Waals surface area (Å²) in [6.45, 7) is 5.50. The van der Waals surface area contributed by atoms with Gasteiger partial charge in [-0.25, -0.2) is 0 Å². The summed E-state index contributed by atoms with van der Waals surface area (Å²) in [5.41, 5.74) is 0. The van der Waals surface area contributed by atoms with Crippen LogP contribution < -0.4 is 0 Å². The van der Waals surface area contributed by atoms with Crippen LogP contribution in [-0.2, 0) is 9.53 Å². The Morgan fingerprint density at radius 3 is 2.92 bits per heavy atom. The van der Waals surface area contributed by atoms with Crippen molar-refractivity contribution in [2.75, 3.05) is 6.61 Å². The molecule has 0 aliphatic carbocycles.